The number of carbonyl (C=O) groups is 3. The van der Waals surface area contributed by atoms with E-state index in [1.165, 1.54) is 4.90 Å². The van der Waals surface area contributed by atoms with E-state index >= 15 is 0 Å². The van der Waals surface area contributed by atoms with Crippen LogP contribution in [0.4, 0.5) is 4.79 Å². The van der Waals surface area contributed by atoms with Crippen LogP contribution in [0.3, 0.4) is 0 Å². The zero-order chi connectivity index (χ0) is 19.4. The number of amides is 4. The molecule has 2 aliphatic rings. The molecule has 1 aliphatic carbocycles. The summed E-state index contributed by atoms with van der Waals surface area (Å²) >= 11 is 0. The number of ether oxygens (including phenoxy) is 1. The second-order valence-electron chi connectivity index (χ2n) is 7.23. The maximum Gasteiger partial charge on any atom is 0.325 e. The number of imide groups is 1. The van der Waals surface area contributed by atoms with E-state index < -0.39 is 5.54 Å². The zero-order valence-electron chi connectivity index (χ0n) is 15.9. The number of methoxy groups -OCH3 is 1. The molecule has 1 aromatic carbocycles. The van der Waals surface area contributed by atoms with Gasteiger partial charge in [0.2, 0.25) is 5.91 Å². The summed E-state index contributed by atoms with van der Waals surface area (Å²) in [6.07, 6.45) is 4.11. The Morgan fingerprint density at radius 1 is 1.26 bits per heavy atom. The van der Waals surface area contributed by atoms with E-state index in [0.717, 1.165) is 30.6 Å². The van der Waals surface area contributed by atoms with Gasteiger partial charge in [-0.05, 0) is 37.0 Å². The molecule has 1 saturated heterocycles. The van der Waals surface area contributed by atoms with Crippen LogP contribution < -0.4 is 15.4 Å². The summed E-state index contributed by atoms with van der Waals surface area (Å²) in [5.41, 5.74) is 0.273. The van der Waals surface area contributed by atoms with Crippen molar-refractivity contribution in [3.05, 3.63) is 29.8 Å². The molecule has 1 heterocycles. The van der Waals surface area contributed by atoms with Gasteiger partial charge in [-0.25, -0.2) is 4.79 Å². The van der Waals surface area contributed by atoms with Gasteiger partial charge in [0, 0.05) is 13.0 Å². The third kappa shape index (κ3) is 3.91. The highest BCUT2D eigenvalue weighted by atomic mass is 16.5. The van der Waals surface area contributed by atoms with Crippen LogP contribution in [0.1, 0.15) is 57.1 Å². The summed E-state index contributed by atoms with van der Waals surface area (Å²) in [4.78, 5) is 38.4. The minimum Gasteiger partial charge on any atom is -0.497 e. The van der Waals surface area contributed by atoms with Gasteiger partial charge in [0.15, 0.2) is 0 Å². The van der Waals surface area contributed by atoms with Crippen molar-refractivity contribution in [3.8, 4) is 5.75 Å². The van der Waals surface area contributed by atoms with Gasteiger partial charge >= 0.3 is 6.03 Å². The molecule has 1 aliphatic heterocycles. The molecule has 1 atom stereocenters. The number of hydrogen-bond donors (Lipinski definition) is 2. The molecule has 0 bridgehead atoms. The van der Waals surface area contributed by atoms with E-state index in [1.807, 2.05) is 31.2 Å². The van der Waals surface area contributed by atoms with Crippen LogP contribution in [0.25, 0.3) is 0 Å². The molecule has 1 aromatic rings. The summed E-state index contributed by atoms with van der Waals surface area (Å²) < 4.78 is 5.16. The normalized spacial score (nSPS) is 19.3. The first-order valence-electron chi connectivity index (χ1n) is 9.56. The third-order valence-corrected chi connectivity index (χ3v) is 5.53. The van der Waals surface area contributed by atoms with E-state index in [0.29, 0.717) is 12.8 Å². The number of carbonyl (C=O) groups excluding carboxylic acids is 3. The van der Waals surface area contributed by atoms with E-state index in [4.69, 9.17) is 4.74 Å². The SMILES string of the molecule is CC[C@@H](NC(=O)CCN1C(=O)NC2(CCCC2)C1=O)c1ccc(OC)cc1. The first-order valence-corrected chi connectivity index (χ1v) is 9.56. The Labute approximate surface area is 159 Å². The van der Waals surface area contributed by atoms with E-state index in [-0.39, 0.29) is 36.9 Å². The number of rotatable bonds is 7. The summed E-state index contributed by atoms with van der Waals surface area (Å²) in [6, 6.07) is 7.07. The van der Waals surface area contributed by atoms with Crippen LogP contribution in [0.15, 0.2) is 24.3 Å². The van der Waals surface area contributed by atoms with Crippen LogP contribution in [0.2, 0.25) is 0 Å². The van der Waals surface area contributed by atoms with E-state index in [2.05, 4.69) is 10.6 Å². The maximum atomic E-state index is 12.6. The molecule has 0 radical (unpaired) electrons. The lowest BCUT2D eigenvalue weighted by atomic mass is 9.98. The summed E-state index contributed by atoms with van der Waals surface area (Å²) in [5.74, 6) is 0.407. The second kappa shape index (κ2) is 7.98. The highest BCUT2D eigenvalue weighted by Crippen LogP contribution is 2.35. The van der Waals surface area contributed by atoms with E-state index in [9.17, 15) is 14.4 Å². The Balaban J connectivity index is 1.55. The Morgan fingerprint density at radius 3 is 2.52 bits per heavy atom. The fourth-order valence-electron chi connectivity index (χ4n) is 3.93. The largest absolute Gasteiger partial charge is 0.497 e. The van der Waals surface area contributed by atoms with Gasteiger partial charge in [0.1, 0.15) is 11.3 Å². The molecule has 0 unspecified atom stereocenters. The van der Waals surface area contributed by atoms with Gasteiger partial charge in [-0.3, -0.25) is 14.5 Å². The molecular formula is C20H27N3O4. The van der Waals surface area contributed by atoms with Crippen molar-refractivity contribution in [2.24, 2.45) is 0 Å². The molecule has 146 valence electrons. The van der Waals surface area contributed by atoms with Crippen LogP contribution in [0.5, 0.6) is 5.75 Å². The van der Waals surface area contributed by atoms with Gasteiger partial charge in [-0.15, -0.1) is 0 Å². The van der Waals surface area contributed by atoms with Crippen molar-refractivity contribution >= 4 is 17.8 Å². The lowest BCUT2D eigenvalue weighted by Crippen LogP contribution is -2.44. The van der Waals surface area contributed by atoms with Crippen LogP contribution in [-0.2, 0) is 9.59 Å². The van der Waals surface area contributed by atoms with Crippen LogP contribution in [0, 0.1) is 0 Å². The van der Waals surface area contributed by atoms with Gasteiger partial charge in [-0.2, -0.15) is 0 Å². The van der Waals surface area contributed by atoms with Gasteiger partial charge in [-0.1, -0.05) is 31.9 Å². The number of hydrogen-bond acceptors (Lipinski definition) is 4. The summed E-state index contributed by atoms with van der Waals surface area (Å²) in [7, 11) is 1.61. The first kappa shape index (κ1) is 19.2. The quantitative estimate of drug-likeness (QED) is 0.719. The Hall–Kier alpha value is -2.57. The predicted molar refractivity (Wildman–Crippen MR) is 100 cm³/mol. The number of nitrogens with one attached hydrogen (secondary N) is 2. The minimum atomic E-state index is -0.720. The molecule has 7 nitrogen and oxygen atoms in total. The molecule has 1 spiro atoms. The Bertz CT molecular complexity index is 710. The predicted octanol–water partition coefficient (Wildman–Crippen LogP) is 2.52. The summed E-state index contributed by atoms with van der Waals surface area (Å²) in [6.45, 7) is 2.10. The van der Waals surface area contributed by atoms with Crippen molar-refractivity contribution in [2.45, 2.75) is 57.0 Å². The molecule has 1 saturated carbocycles. The van der Waals surface area contributed by atoms with Gasteiger partial charge in [0.05, 0.1) is 13.2 Å². The number of benzene rings is 1. The fraction of sp³-hybridized carbons (Fsp3) is 0.550. The first-order chi connectivity index (χ1) is 13.0. The molecule has 2 N–H and O–H groups in total. The van der Waals surface area contributed by atoms with Crippen molar-refractivity contribution in [1.82, 2.24) is 15.5 Å². The van der Waals surface area contributed by atoms with Crippen molar-refractivity contribution < 1.29 is 19.1 Å². The fourth-order valence-corrected chi connectivity index (χ4v) is 3.93. The van der Waals surface area contributed by atoms with Crippen LogP contribution >= 0.6 is 0 Å². The average molecular weight is 373 g/mol. The molecule has 2 fully saturated rings. The van der Waals surface area contributed by atoms with Crippen LogP contribution in [-0.4, -0.2) is 41.9 Å². The molecular weight excluding hydrogens is 346 g/mol. The zero-order valence-corrected chi connectivity index (χ0v) is 15.9. The molecule has 7 heteroatoms. The van der Waals surface area contributed by atoms with Gasteiger partial charge < -0.3 is 15.4 Å². The second-order valence-corrected chi connectivity index (χ2v) is 7.23. The lowest BCUT2D eigenvalue weighted by molar-refractivity contribution is -0.131. The van der Waals surface area contributed by atoms with Gasteiger partial charge in [0.25, 0.3) is 5.91 Å². The Morgan fingerprint density at radius 2 is 1.93 bits per heavy atom. The average Bonchev–Trinajstić information content (AvgIpc) is 3.24. The monoisotopic (exact) mass is 373 g/mol. The number of nitrogens with zero attached hydrogens (tertiary/aromatic N) is 1. The Kier molecular flexibility index (Phi) is 5.68. The highest BCUT2D eigenvalue weighted by molar-refractivity contribution is 6.07. The van der Waals surface area contributed by atoms with Crippen molar-refractivity contribution in [3.63, 3.8) is 0 Å². The van der Waals surface area contributed by atoms with Crippen molar-refractivity contribution in [1.29, 1.82) is 0 Å². The highest BCUT2D eigenvalue weighted by Gasteiger charge is 2.52. The van der Waals surface area contributed by atoms with E-state index in [1.54, 1.807) is 7.11 Å². The molecule has 3 rings (SSSR count). The maximum absolute atomic E-state index is 12.6. The van der Waals surface area contributed by atoms with Crippen molar-refractivity contribution in [2.75, 3.05) is 13.7 Å². The molecule has 27 heavy (non-hydrogen) atoms. The molecule has 4 amide bonds. The molecule has 0 aromatic heterocycles. The smallest absolute Gasteiger partial charge is 0.325 e. The summed E-state index contributed by atoms with van der Waals surface area (Å²) in [5, 5.41) is 5.82. The lowest BCUT2D eigenvalue weighted by Gasteiger charge is -2.21. The number of urea groups is 1. The standard InChI is InChI=1S/C20H27N3O4/c1-3-16(14-6-8-15(27-2)9-7-14)21-17(24)10-13-23-18(25)20(22-19(23)26)11-4-5-12-20/h6-9,16H,3-5,10-13H2,1-2H3,(H,21,24)(H,22,26)/t16-/m1/s1. The topological polar surface area (TPSA) is 87.7 Å². The minimum absolute atomic E-state index is 0.0991. The third-order valence-electron chi connectivity index (χ3n) is 5.53.